The number of aliphatic carboxylic acids is 1. The van der Waals surface area contributed by atoms with E-state index in [0.717, 1.165) is 60.9 Å². The molecule has 1 aliphatic heterocycles. The van der Waals surface area contributed by atoms with Gasteiger partial charge in [0.25, 0.3) is 5.91 Å². The molecule has 216 valence electrons. The summed E-state index contributed by atoms with van der Waals surface area (Å²) in [5.74, 6) is -0.496. The van der Waals surface area contributed by atoms with Crippen LogP contribution in [0.2, 0.25) is 5.02 Å². The molecule has 1 saturated heterocycles. The average Bonchev–Trinajstić information content (AvgIpc) is 3.44. The van der Waals surface area contributed by atoms with Gasteiger partial charge in [-0.2, -0.15) is 5.10 Å². The number of H-pyrrole nitrogens is 1. The smallest absolute Gasteiger partial charge is 0.306 e. The van der Waals surface area contributed by atoms with Crippen molar-refractivity contribution in [2.24, 2.45) is 13.0 Å². The third-order valence-electron chi connectivity index (χ3n) is 8.31. The maximum Gasteiger partial charge on any atom is 0.306 e. The number of hydrogen-bond donors (Lipinski definition) is 2. The lowest BCUT2D eigenvalue weighted by molar-refractivity contribution is -0.143. The number of ether oxygens (including phenoxy) is 1. The Kier molecular flexibility index (Phi) is 8.13. The van der Waals surface area contributed by atoms with E-state index in [0.29, 0.717) is 51.1 Å². The van der Waals surface area contributed by atoms with Crippen molar-refractivity contribution in [3.63, 3.8) is 0 Å². The number of carboxylic acid groups (broad SMARTS) is 1. The number of carbonyl (C=O) groups excluding carboxylic acids is 1. The van der Waals surface area contributed by atoms with Crippen LogP contribution in [-0.2, 0) is 18.3 Å². The van der Waals surface area contributed by atoms with E-state index < -0.39 is 11.9 Å². The molecule has 3 heterocycles. The second kappa shape index (κ2) is 11.6. The van der Waals surface area contributed by atoms with Gasteiger partial charge < -0.3 is 19.7 Å². The van der Waals surface area contributed by atoms with Crippen LogP contribution in [-0.4, -0.2) is 56.3 Å². The van der Waals surface area contributed by atoms with Crippen LogP contribution < -0.4 is 4.74 Å². The molecule has 2 aromatic carbocycles. The van der Waals surface area contributed by atoms with E-state index in [9.17, 15) is 14.7 Å². The Morgan fingerprint density at radius 3 is 2.41 bits per heavy atom. The largest absolute Gasteiger partial charge is 0.494 e. The lowest BCUT2D eigenvalue weighted by Crippen LogP contribution is -2.40. The van der Waals surface area contributed by atoms with Gasteiger partial charge in [-0.1, -0.05) is 29.8 Å². The number of hydrogen-bond acceptors (Lipinski definition) is 4. The topological polar surface area (TPSA) is 100 Å². The first-order valence-corrected chi connectivity index (χ1v) is 14.5. The molecule has 1 fully saturated rings. The fourth-order valence-corrected chi connectivity index (χ4v) is 6.11. The highest BCUT2D eigenvalue weighted by Crippen LogP contribution is 2.36. The van der Waals surface area contributed by atoms with Crippen molar-refractivity contribution in [1.29, 1.82) is 0 Å². The lowest BCUT2D eigenvalue weighted by Gasteiger charge is -2.30. The normalized spacial score (nSPS) is 14.1. The molecule has 2 aromatic heterocycles. The van der Waals surface area contributed by atoms with Gasteiger partial charge in [-0.3, -0.25) is 14.3 Å². The number of aromatic amines is 1. The van der Waals surface area contributed by atoms with Gasteiger partial charge in [0.2, 0.25) is 0 Å². The monoisotopic (exact) mass is 576 g/mol. The summed E-state index contributed by atoms with van der Waals surface area (Å²) in [4.78, 5) is 30.7. The Hall–Kier alpha value is -3.78. The number of nitrogens with zero attached hydrogens (tertiary/aromatic N) is 3. The molecule has 1 aliphatic rings. The highest BCUT2D eigenvalue weighted by Gasteiger charge is 2.30. The van der Waals surface area contributed by atoms with Gasteiger partial charge in [-0.15, -0.1) is 0 Å². The minimum atomic E-state index is -0.790. The van der Waals surface area contributed by atoms with Crippen LogP contribution in [0.25, 0.3) is 22.0 Å². The van der Waals surface area contributed by atoms with Crippen molar-refractivity contribution < 1.29 is 19.4 Å². The van der Waals surface area contributed by atoms with E-state index in [1.54, 1.807) is 4.90 Å². The van der Waals surface area contributed by atoms with Crippen molar-refractivity contribution >= 4 is 34.4 Å². The average molecular weight is 577 g/mol. The fourth-order valence-electron chi connectivity index (χ4n) is 6.00. The number of amides is 1. The minimum Gasteiger partial charge on any atom is -0.494 e. The predicted octanol–water partition coefficient (Wildman–Crippen LogP) is 6.40. The first-order chi connectivity index (χ1) is 19.6. The molecule has 0 unspecified atom stereocenters. The van der Waals surface area contributed by atoms with Gasteiger partial charge in [0, 0.05) is 47.4 Å². The van der Waals surface area contributed by atoms with Gasteiger partial charge in [0.1, 0.15) is 11.4 Å². The van der Waals surface area contributed by atoms with Gasteiger partial charge >= 0.3 is 5.97 Å². The summed E-state index contributed by atoms with van der Waals surface area (Å²) in [6.45, 7) is 9.33. The molecule has 2 N–H and O–H groups in total. The minimum absolute atomic E-state index is 0.0875. The van der Waals surface area contributed by atoms with Gasteiger partial charge in [-0.05, 0) is 82.2 Å². The highest BCUT2D eigenvalue weighted by molar-refractivity contribution is 6.32. The van der Waals surface area contributed by atoms with Crippen molar-refractivity contribution in [3.8, 4) is 16.9 Å². The summed E-state index contributed by atoms with van der Waals surface area (Å²) in [6.07, 6.45) is 2.28. The third-order valence-corrected chi connectivity index (χ3v) is 8.91. The zero-order valence-corrected chi connectivity index (χ0v) is 25.1. The highest BCUT2D eigenvalue weighted by atomic mass is 35.5. The summed E-state index contributed by atoms with van der Waals surface area (Å²) >= 11 is 6.32. The van der Waals surface area contributed by atoms with Gasteiger partial charge in [0.05, 0.1) is 23.7 Å². The maximum atomic E-state index is 13.9. The number of aromatic nitrogens is 3. The molecule has 0 bridgehead atoms. The zero-order chi connectivity index (χ0) is 29.4. The second-order valence-electron chi connectivity index (χ2n) is 11.1. The van der Waals surface area contributed by atoms with E-state index >= 15 is 0 Å². The summed E-state index contributed by atoms with van der Waals surface area (Å²) in [7, 11) is 1.94. The van der Waals surface area contributed by atoms with E-state index in [1.807, 2.05) is 57.6 Å². The predicted molar refractivity (Wildman–Crippen MR) is 161 cm³/mol. The van der Waals surface area contributed by atoms with E-state index in [2.05, 4.69) is 22.2 Å². The molecule has 4 aromatic rings. The third kappa shape index (κ3) is 5.58. The van der Waals surface area contributed by atoms with E-state index in [4.69, 9.17) is 16.3 Å². The molecule has 41 heavy (non-hydrogen) atoms. The molecule has 0 atom stereocenters. The van der Waals surface area contributed by atoms with Crippen LogP contribution in [0.15, 0.2) is 30.3 Å². The van der Waals surface area contributed by atoms with Crippen LogP contribution in [0.3, 0.4) is 0 Å². The molecule has 0 spiro atoms. The zero-order valence-electron chi connectivity index (χ0n) is 24.3. The quantitative estimate of drug-likeness (QED) is 0.236. The Morgan fingerprint density at radius 1 is 1.12 bits per heavy atom. The van der Waals surface area contributed by atoms with Crippen LogP contribution in [0, 0.1) is 33.6 Å². The molecular formula is C32H37ClN4O4. The van der Waals surface area contributed by atoms with Crippen LogP contribution in [0.4, 0.5) is 0 Å². The number of rotatable bonds is 8. The molecule has 5 rings (SSSR count). The molecular weight excluding hydrogens is 540 g/mol. The number of halogens is 1. The number of nitrogens with one attached hydrogen (secondary N) is 1. The first-order valence-electron chi connectivity index (χ1n) is 14.1. The first kappa shape index (κ1) is 28.7. The SMILES string of the molecule is Cc1cc(OCCCc2c(C(=O)N3CCC(C(=O)O)CC3)[nH]c3c(-c4c(C)nn(C)c4C)cccc23)cc(C)c1Cl. The summed E-state index contributed by atoms with van der Waals surface area (Å²) < 4.78 is 7.96. The molecule has 0 saturated carbocycles. The van der Waals surface area contributed by atoms with Gasteiger partial charge in [-0.25, -0.2) is 0 Å². The molecule has 0 aliphatic carbocycles. The lowest BCUT2D eigenvalue weighted by atomic mass is 9.96. The standard InChI is InChI=1S/C32H37ClN4O4/c1-18-16-23(17-19(2)28(18)33)41-15-7-10-25-24-8-6-9-26(27-20(3)35-36(5)21(27)4)29(24)34-30(25)31(38)37-13-11-22(12-14-37)32(39)40/h6,8-9,16-17,22,34H,7,10-15H2,1-5H3,(H,39,40). The van der Waals surface area contributed by atoms with Crippen LogP contribution in [0.1, 0.15) is 57.8 Å². The Bertz CT molecular complexity index is 1610. The Labute approximate surface area is 245 Å². The Morgan fingerprint density at radius 2 is 1.80 bits per heavy atom. The summed E-state index contributed by atoms with van der Waals surface area (Å²) in [5, 5.41) is 15.8. The van der Waals surface area contributed by atoms with Crippen LogP contribution >= 0.6 is 11.6 Å². The summed E-state index contributed by atoms with van der Waals surface area (Å²) in [5.41, 5.74) is 8.45. The Balaban J connectivity index is 1.47. The number of piperidine rings is 1. The van der Waals surface area contributed by atoms with Crippen molar-refractivity contribution in [2.75, 3.05) is 19.7 Å². The van der Waals surface area contributed by atoms with Crippen molar-refractivity contribution in [1.82, 2.24) is 19.7 Å². The van der Waals surface area contributed by atoms with Crippen molar-refractivity contribution in [2.45, 2.75) is 53.4 Å². The number of fused-ring (bicyclic) bond motifs is 1. The summed E-state index contributed by atoms with van der Waals surface area (Å²) in [6, 6.07) is 10.1. The molecule has 0 radical (unpaired) electrons. The molecule has 1 amide bonds. The van der Waals surface area contributed by atoms with Gasteiger partial charge in [0.15, 0.2) is 0 Å². The van der Waals surface area contributed by atoms with Crippen LogP contribution in [0.5, 0.6) is 5.75 Å². The number of benzene rings is 2. The number of para-hydroxylation sites is 1. The maximum absolute atomic E-state index is 13.9. The number of carboxylic acids is 1. The number of likely N-dealkylation sites (tertiary alicyclic amines) is 1. The molecule has 9 heteroatoms. The number of carbonyl (C=O) groups is 2. The van der Waals surface area contributed by atoms with Crippen molar-refractivity contribution in [3.05, 3.63) is 69.1 Å². The second-order valence-corrected chi connectivity index (χ2v) is 11.5. The fraction of sp³-hybridized carbons (Fsp3) is 0.406. The van der Waals surface area contributed by atoms with E-state index in [1.165, 1.54) is 0 Å². The molecule has 8 nitrogen and oxygen atoms in total. The number of aryl methyl sites for hydroxylation is 5. The van der Waals surface area contributed by atoms with E-state index in [-0.39, 0.29) is 5.91 Å².